The molecule has 2 aromatic rings. The molecule has 2 aliphatic rings. The van der Waals surface area contributed by atoms with E-state index in [0.717, 1.165) is 0 Å². The molecule has 0 bridgehead atoms. The normalized spacial score (nSPS) is 19.5. The molecule has 0 saturated carbocycles. The van der Waals surface area contributed by atoms with Crippen LogP contribution in [0, 0.1) is 11.3 Å². The molecule has 0 aliphatic heterocycles. The van der Waals surface area contributed by atoms with E-state index in [-0.39, 0.29) is 41.1 Å². The van der Waals surface area contributed by atoms with Gasteiger partial charge in [-0.3, -0.25) is 0 Å². The summed E-state index contributed by atoms with van der Waals surface area (Å²) < 4.78 is 0.499. The molecule has 0 fully saturated rings. The van der Waals surface area contributed by atoms with Gasteiger partial charge in [-0.1, -0.05) is 0 Å². The first kappa shape index (κ1) is 29.6. The fourth-order valence-electron chi connectivity index (χ4n) is 5.23. The summed E-state index contributed by atoms with van der Waals surface area (Å²) in [4.78, 5) is 0. The molecular formula is C31H39Cl2Zr. The van der Waals surface area contributed by atoms with Crippen molar-refractivity contribution in [1.82, 2.24) is 0 Å². The van der Waals surface area contributed by atoms with E-state index in [2.05, 4.69) is 112 Å². The Morgan fingerprint density at radius 1 is 0.735 bits per heavy atom. The van der Waals surface area contributed by atoms with Crippen LogP contribution >= 0.6 is 0 Å². The van der Waals surface area contributed by atoms with Crippen LogP contribution in [0.15, 0.2) is 48.1 Å². The van der Waals surface area contributed by atoms with Gasteiger partial charge in [-0.25, -0.2) is 0 Å². The summed E-state index contributed by atoms with van der Waals surface area (Å²) in [5, 5.41) is 0. The quantitative estimate of drug-likeness (QED) is 0.493. The van der Waals surface area contributed by atoms with E-state index < -0.39 is 0 Å². The molecule has 2 aromatic carbocycles. The number of halogens is 2. The molecule has 2 atom stereocenters. The number of fused-ring (bicyclic) bond motifs is 3. The van der Waals surface area contributed by atoms with Gasteiger partial charge in [-0.2, -0.15) is 0 Å². The Balaban J connectivity index is 0.00000204. The van der Waals surface area contributed by atoms with Crippen LogP contribution in [-0.4, -0.2) is 0 Å². The molecule has 0 heterocycles. The topological polar surface area (TPSA) is 0 Å². The fraction of sp³-hybridized carbons (Fsp3) is 0.484. The van der Waals surface area contributed by atoms with Crippen molar-refractivity contribution in [3.8, 4) is 11.1 Å². The zero-order valence-corrected chi connectivity index (χ0v) is 26.4. The number of hydrogen-bond donors (Lipinski definition) is 0. The van der Waals surface area contributed by atoms with Crippen LogP contribution < -0.4 is 24.8 Å². The van der Waals surface area contributed by atoms with Gasteiger partial charge in [0.25, 0.3) is 0 Å². The van der Waals surface area contributed by atoms with Crippen molar-refractivity contribution in [2.45, 2.75) is 83.7 Å². The minimum absolute atomic E-state index is 0. The van der Waals surface area contributed by atoms with E-state index in [0.29, 0.717) is 9.54 Å². The van der Waals surface area contributed by atoms with Crippen LogP contribution in [0.25, 0.3) is 16.7 Å². The standard InChI is InChI=1S/C31H39.2ClH.Zr/c1-19-15-22(30(5,6)7)18-25(19)28-26-17-20-16-21(29(2,3)4)11-12-23(20)24(26)13-14-27(28)31(8,9)10;;;/h11-19H,1-10H3;2*1H;/q;;;+2/p-2. The Labute approximate surface area is 235 Å². The molecule has 2 aliphatic carbocycles. The molecular weight excluding hydrogens is 534 g/mol. The second kappa shape index (κ2) is 9.69. The minimum Gasteiger partial charge on any atom is -1.00 e. The first-order valence-corrected chi connectivity index (χ1v) is 13.5. The van der Waals surface area contributed by atoms with Crippen LogP contribution in [0.2, 0.25) is 0 Å². The molecule has 0 nitrogen and oxygen atoms in total. The van der Waals surface area contributed by atoms with E-state index in [1.165, 1.54) is 44.5 Å². The summed E-state index contributed by atoms with van der Waals surface area (Å²) in [6.45, 7) is 23.5. The van der Waals surface area contributed by atoms with Gasteiger partial charge in [0.15, 0.2) is 0 Å². The molecule has 0 N–H and O–H groups in total. The second-order valence-electron chi connectivity index (χ2n) is 12.9. The van der Waals surface area contributed by atoms with E-state index in [1.54, 1.807) is 30.3 Å². The van der Waals surface area contributed by atoms with Gasteiger partial charge in [0.05, 0.1) is 0 Å². The Kier molecular flexibility index (Phi) is 8.44. The summed E-state index contributed by atoms with van der Waals surface area (Å²) in [7, 11) is 0. The predicted molar refractivity (Wildman–Crippen MR) is 136 cm³/mol. The Bertz CT molecular complexity index is 1150. The minimum atomic E-state index is 0. The summed E-state index contributed by atoms with van der Waals surface area (Å²) in [5.41, 5.74) is 14.0. The van der Waals surface area contributed by atoms with Crippen molar-refractivity contribution in [1.29, 1.82) is 0 Å². The van der Waals surface area contributed by atoms with Gasteiger partial charge >= 0.3 is 212 Å². The van der Waals surface area contributed by atoms with Crippen LogP contribution in [0.4, 0.5) is 0 Å². The zero-order valence-electron chi connectivity index (χ0n) is 22.5. The summed E-state index contributed by atoms with van der Waals surface area (Å²) in [6, 6.07) is 12.1. The smallest absolute Gasteiger partial charge is 1.00 e. The van der Waals surface area contributed by atoms with Gasteiger partial charge in [0.1, 0.15) is 0 Å². The van der Waals surface area contributed by atoms with Crippen molar-refractivity contribution in [2.24, 2.45) is 11.3 Å². The van der Waals surface area contributed by atoms with E-state index >= 15 is 0 Å². The maximum atomic E-state index is 2.52. The second-order valence-corrected chi connectivity index (χ2v) is 14.4. The SMILES string of the molecule is CC1C=C(C(C)(C)C)C=C1c1c(C(C)(C)C)ccc2c1[CH]([Zr+2])c1cc(C(C)(C)C)ccc1-2.[Cl-].[Cl-]. The molecule has 0 aromatic heterocycles. The number of hydrogen-bond acceptors (Lipinski definition) is 0. The summed E-state index contributed by atoms with van der Waals surface area (Å²) in [6.07, 6.45) is 5.01. The average Bonchev–Trinajstić information content (AvgIpc) is 3.18. The molecule has 2 unspecified atom stereocenters. The Morgan fingerprint density at radius 2 is 1.32 bits per heavy atom. The first-order valence-electron chi connectivity index (χ1n) is 12.1. The van der Waals surface area contributed by atoms with Crippen molar-refractivity contribution in [3.63, 3.8) is 0 Å². The van der Waals surface area contributed by atoms with Crippen molar-refractivity contribution in [3.05, 3.63) is 75.9 Å². The first-order chi connectivity index (χ1) is 14.6. The molecule has 4 rings (SSSR count). The largest absolute Gasteiger partial charge is 1.00 e. The molecule has 0 amide bonds. The van der Waals surface area contributed by atoms with Crippen LogP contribution in [0.3, 0.4) is 0 Å². The third kappa shape index (κ3) is 5.10. The van der Waals surface area contributed by atoms with E-state index in [1.807, 2.05) is 0 Å². The maximum absolute atomic E-state index is 2.52. The average molecular weight is 574 g/mol. The van der Waals surface area contributed by atoms with E-state index in [9.17, 15) is 0 Å². The number of benzene rings is 2. The molecule has 34 heavy (non-hydrogen) atoms. The van der Waals surface area contributed by atoms with Crippen molar-refractivity contribution in [2.75, 3.05) is 0 Å². The third-order valence-corrected chi connectivity index (χ3v) is 8.72. The van der Waals surface area contributed by atoms with Gasteiger partial charge in [0, 0.05) is 0 Å². The Morgan fingerprint density at radius 3 is 1.82 bits per heavy atom. The molecule has 181 valence electrons. The third-order valence-electron chi connectivity index (χ3n) is 7.25. The van der Waals surface area contributed by atoms with Gasteiger partial charge < -0.3 is 24.8 Å². The van der Waals surface area contributed by atoms with Gasteiger partial charge in [-0.15, -0.1) is 0 Å². The van der Waals surface area contributed by atoms with Crippen LogP contribution in [0.1, 0.15) is 101 Å². The number of rotatable bonds is 1. The van der Waals surface area contributed by atoms with Crippen molar-refractivity contribution >= 4 is 5.57 Å². The van der Waals surface area contributed by atoms with Gasteiger partial charge in [-0.05, 0) is 0 Å². The number of allylic oxidation sites excluding steroid dienone is 4. The molecule has 0 saturated heterocycles. The predicted octanol–water partition coefficient (Wildman–Crippen LogP) is 2.91. The van der Waals surface area contributed by atoms with Crippen LogP contribution in [0.5, 0.6) is 0 Å². The monoisotopic (exact) mass is 571 g/mol. The Hall–Kier alpha value is -0.617. The summed E-state index contributed by atoms with van der Waals surface area (Å²) >= 11 is 1.58. The van der Waals surface area contributed by atoms with Crippen LogP contribution in [-0.2, 0) is 35.5 Å². The maximum Gasteiger partial charge on any atom is -1.00 e. The van der Waals surface area contributed by atoms with Gasteiger partial charge in [0.2, 0.25) is 0 Å². The molecule has 0 radical (unpaired) electrons. The van der Waals surface area contributed by atoms with E-state index in [4.69, 9.17) is 0 Å². The van der Waals surface area contributed by atoms with Crippen molar-refractivity contribution < 1.29 is 49.5 Å². The zero-order chi connectivity index (χ0) is 23.8. The molecule has 0 spiro atoms. The fourth-order valence-corrected chi connectivity index (χ4v) is 6.56. The summed E-state index contributed by atoms with van der Waals surface area (Å²) in [5.74, 6) is 0.452. The molecule has 3 heteroatoms.